The van der Waals surface area contributed by atoms with Gasteiger partial charge in [-0.15, -0.1) is 0 Å². The van der Waals surface area contributed by atoms with Crippen LogP contribution in [-0.2, 0) is 14.3 Å². The van der Waals surface area contributed by atoms with Crippen LogP contribution >= 0.6 is 0 Å². The Morgan fingerprint density at radius 2 is 1.21 bits per heavy atom. The summed E-state index contributed by atoms with van der Waals surface area (Å²) in [5, 5.41) is 2.17. The number of rotatable bonds is 13. The first kappa shape index (κ1) is 35.7. The van der Waals surface area contributed by atoms with Crippen LogP contribution in [0.5, 0.6) is 11.5 Å². The van der Waals surface area contributed by atoms with E-state index in [1.54, 1.807) is 0 Å². The molecule has 0 amide bonds. The molecule has 4 aromatic carbocycles. The highest BCUT2D eigenvalue weighted by Gasteiger charge is 2.52. The van der Waals surface area contributed by atoms with Crippen molar-refractivity contribution < 1.29 is 23.5 Å². The van der Waals surface area contributed by atoms with Crippen LogP contribution in [0.15, 0.2) is 91.0 Å². The minimum Gasteiger partial charge on any atom is -0.534 e. The van der Waals surface area contributed by atoms with Crippen molar-refractivity contribution in [1.82, 2.24) is 0 Å². The van der Waals surface area contributed by atoms with Gasteiger partial charge in [-0.1, -0.05) is 125 Å². The van der Waals surface area contributed by atoms with E-state index in [2.05, 4.69) is 120 Å². The van der Waals surface area contributed by atoms with Gasteiger partial charge >= 0.3 is 20.3 Å². The fourth-order valence-electron chi connectivity index (χ4n) is 6.83. The molecule has 0 heterocycles. The highest BCUT2D eigenvalue weighted by Crippen LogP contribution is 2.48. The van der Waals surface area contributed by atoms with Crippen molar-refractivity contribution in [2.75, 3.05) is 7.11 Å². The third-order valence-electron chi connectivity index (χ3n) is 9.30. The van der Waals surface area contributed by atoms with Crippen LogP contribution in [0.2, 0.25) is 5.04 Å². The van der Waals surface area contributed by atoms with Gasteiger partial charge in [0.2, 0.25) is 0 Å². The molecule has 0 radical (unpaired) electrons. The van der Waals surface area contributed by atoms with Gasteiger partial charge in [0.1, 0.15) is 11.5 Å². The van der Waals surface area contributed by atoms with Crippen molar-refractivity contribution in [2.45, 2.75) is 91.5 Å². The van der Waals surface area contributed by atoms with E-state index in [9.17, 15) is 9.59 Å². The van der Waals surface area contributed by atoms with Gasteiger partial charge in [0.15, 0.2) is 0 Å². The van der Waals surface area contributed by atoms with Gasteiger partial charge in [-0.3, -0.25) is 9.59 Å². The van der Waals surface area contributed by atoms with Crippen LogP contribution in [0.4, 0.5) is 0 Å². The van der Waals surface area contributed by atoms with Crippen LogP contribution < -0.4 is 19.5 Å². The number of esters is 2. The summed E-state index contributed by atoms with van der Waals surface area (Å²) in [7, 11) is -1.53. The second kappa shape index (κ2) is 15.6. The molecule has 0 N–H and O–H groups in total. The maximum Gasteiger partial charge on any atom is 0.319 e. The number of ether oxygens (including phenoxy) is 2. The van der Waals surface area contributed by atoms with Crippen LogP contribution in [0.25, 0.3) is 0 Å². The second-order valence-electron chi connectivity index (χ2n) is 13.4. The fraction of sp³-hybridized carbons (Fsp3) is 0.366. The van der Waals surface area contributed by atoms with Gasteiger partial charge in [-0.05, 0) is 71.3 Å². The predicted octanol–water partition coefficient (Wildman–Crippen LogP) is 8.73. The van der Waals surface area contributed by atoms with Gasteiger partial charge < -0.3 is 13.9 Å². The van der Waals surface area contributed by atoms with E-state index in [1.807, 2.05) is 13.0 Å². The second-order valence-corrected chi connectivity index (χ2v) is 17.7. The summed E-state index contributed by atoms with van der Waals surface area (Å²) in [5.74, 6) is 0.889. The van der Waals surface area contributed by atoms with Gasteiger partial charge in [0.25, 0.3) is 0 Å². The van der Waals surface area contributed by atoms with Crippen LogP contribution in [-0.4, -0.2) is 27.4 Å². The Bertz CT molecular complexity index is 1600. The Kier molecular flexibility index (Phi) is 11.9. The fourth-order valence-corrected chi connectivity index (χ4v) is 11.4. The molecule has 4 rings (SSSR count). The lowest BCUT2D eigenvalue weighted by atomic mass is 9.81. The zero-order valence-corrected chi connectivity index (χ0v) is 30.3. The first-order chi connectivity index (χ1) is 22.4. The topological polar surface area (TPSA) is 61.8 Å². The van der Waals surface area contributed by atoms with E-state index in [-0.39, 0.29) is 22.9 Å². The zero-order valence-electron chi connectivity index (χ0n) is 29.3. The number of unbranched alkanes of at least 4 members (excludes halogenated alkanes) is 2. The maximum absolute atomic E-state index is 12.6. The molecule has 0 aliphatic rings. The maximum atomic E-state index is 12.6. The average molecular weight is 651 g/mol. The normalized spacial score (nSPS) is 12.3. The molecule has 6 heteroatoms. The van der Waals surface area contributed by atoms with Crippen molar-refractivity contribution in [2.24, 2.45) is 0 Å². The molecule has 0 aliphatic heterocycles. The van der Waals surface area contributed by atoms with Crippen LogP contribution in [0.3, 0.4) is 0 Å². The van der Waals surface area contributed by atoms with Gasteiger partial charge in [-0.25, -0.2) is 0 Å². The molecule has 0 saturated carbocycles. The Labute approximate surface area is 282 Å². The monoisotopic (exact) mass is 650 g/mol. The highest BCUT2D eigenvalue weighted by atomic mass is 28.4. The van der Waals surface area contributed by atoms with Gasteiger partial charge in [-0.2, -0.15) is 0 Å². The molecule has 1 unspecified atom stereocenters. The van der Waals surface area contributed by atoms with Crippen molar-refractivity contribution in [3.05, 3.63) is 119 Å². The summed E-state index contributed by atoms with van der Waals surface area (Å²) in [6, 6.07) is 31.8. The molecule has 4 aromatic rings. The lowest BCUT2D eigenvalue weighted by Gasteiger charge is -2.44. The lowest BCUT2D eigenvalue weighted by molar-refractivity contribution is -0.140. The standard InChI is InChI=1S/C41H50O5Si/c1-29-30(2)40(45-32(4)42)38(36(33-21-13-9-14-22-33)27-19-12-20-28-37(43)44-8)31(3)39(29)46-47(41(5,6)7,34-23-15-10-16-24-34)35-25-17-11-18-26-35/h9-11,13-18,21-26,36H,12,19-20,27-28H2,1-8H3. The Balaban J connectivity index is 1.96. The molecule has 0 spiro atoms. The molecule has 0 aromatic heterocycles. The van der Waals surface area contributed by atoms with Crippen molar-refractivity contribution in [3.8, 4) is 11.5 Å². The first-order valence-corrected chi connectivity index (χ1v) is 18.6. The molecule has 0 aliphatic carbocycles. The minimum atomic E-state index is -2.96. The summed E-state index contributed by atoms with van der Waals surface area (Å²) < 4.78 is 18.6. The lowest BCUT2D eigenvalue weighted by Crippen LogP contribution is -2.69. The summed E-state index contributed by atoms with van der Waals surface area (Å²) in [6.07, 6.45) is 3.77. The number of benzene rings is 4. The predicted molar refractivity (Wildman–Crippen MR) is 194 cm³/mol. The van der Waals surface area contributed by atoms with E-state index < -0.39 is 8.32 Å². The quantitative estimate of drug-likeness (QED) is 0.0627. The Hall–Kier alpha value is -4.16. The number of methoxy groups -OCH3 is 1. The van der Waals surface area contributed by atoms with Gasteiger partial charge in [0.05, 0.1) is 7.11 Å². The van der Waals surface area contributed by atoms with Crippen molar-refractivity contribution in [1.29, 1.82) is 0 Å². The number of hydrogen-bond acceptors (Lipinski definition) is 5. The summed E-state index contributed by atoms with van der Waals surface area (Å²) in [4.78, 5) is 24.4. The molecule has 1 atom stereocenters. The molecule has 0 bridgehead atoms. The van der Waals surface area contributed by atoms with Gasteiger partial charge in [0, 0.05) is 24.8 Å². The number of carbonyl (C=O) groups excluding carboxylic acids is 2. The average Bonchev–Trinajstić information content (AvgIpc) is 3.06. The molecule has 248 valence electrons. The molecule has 47 heavy (non-hydrogen) atoms. The van der Waals surface area contributed by atoms with E-state index in [0.717, 1.165) is 59.3 Å². The Morgan fingerprint density at radius 3 is 1.70 bits per heavy atom. The third kappa shape index (κ3) is 7.87. The number of hydrogen-bond donors (Lipinski definition) is 0. The van der Waals surface area contributed by atoms with Crippen molar-refractivity contribution in [3.63, 3.8) is 0 Å². The first-order valence-electron chi connectivity index (χ1n) is 16.7. The molecule has 0 fully saturated rings. The molecule has 0 saturated heterocycles. The number of carbonyl (C=O) groups is 2. The smallest absolute Gasteiger partial charge is 0.319 e. The van der Waals surface area contributed by atoms with E-state index >= 15 is 0 Å². The minimum absolute atomic E-state index is 0.0514. The van der Waals surface area contributed by atoms with E-state index in [1.165, 1.54) is 24.4 Å². The van der Waals surface area contributed by atoms with Crippen LogP contribution in [0, 0.1) is 20.8 Å². The molecule has 5 nitrogen and oxygen atoms in total. The van der Waals surface area contributed by atoms with E-state index in [4.69, 9.17) is 13.9 Å². The molecular formula is C41H50O5Si. The van der Waals surface area contributed by atoms with Crippen LogP contribution in [0.1, 0.15) is 93.5 Å². The summed E-state index contributed by atoms with van der Waals surface area (Å²) >= 11 is 0. The zero-order chi connectivity index (χ0) is 34.2. The van der Waals surface area contributed by atoms with Crippen molar-refractivity contribution >= 4 is 30.6 Å². The SMILES string of the molecule is COC(=O)CCCCCC(c1ccccc1)c1c(C)c(O[Si](c2ccccc2)(c2ccccc2)C(C)(C)C)c(C)c(C)c1OC(C)=O. The highest BCUT2D eigenvalue weighted by molar-refractivity contribution is 7.00. The summed E-state index contributed by atoms with van der Waals surface area (Å²) in [5.41, 5.74) is 4.99. The molecular weight excluding hydrogens is 601 g/mol. The summed E-state index contributed by atoms with van der Waals surface area (Å²) in [6.45, 7) is 14.5. The largest absolute Gasteiger partial charge is 0.534 e. The third-order valence-corrected chi connectivity index (χ3v) is 14.2. The Morgan fingerprint density at radius 1 is 0.702 bits per heavy atom. The van der Waals surface area contributed by atoms with E-state index in [0.29, 0.717) is 12.2 Å².